The van der Waals surface area contributed by atoms with Crippen molar-refractivity contribution in [2.24, 2.45) is 5.92 Å². The molecule has 1 aromatic carbocycles. The molecule has 3 aromatic rings. The minimum atomic E-state index is -0.427. The summed E-state index contributed by atoms with van der Waals surface area (Å²) < 4.78 is 5.01. The highest BCUT2D eigenvalue weighted by atomic mass is 16.5. The first-order valence-corrected chi connectivity index (χ1v) is 9.67. The van der Waals surface area contributed by atoms with Crippen molar-refractivity contribution >= 4 is 33.7 Å². The molecule has 29 heavy (non-hydrogen) atoms. The molecular formula is C23H23N3O3. The number of aromatic amines is 1. The number of amides is 1. The van der Waals surface area contributed by atoms with Gasteiger partial charge in [0.15, 0.2) is 0 Å². The number of rotatable bonds is 4. The average molecular weight is 389 g/mol. The fourth-order valence-corrected chi connectivity index (χ4v) is 4.00. The maximum atomic E-state index is 12.5. The zero-order chi connectivity index (χ0) is 20.5. The van der Waals surface area contributed by atoms with Gasteiger partial charge in [-0.25, -0.2) is 4.79 Å². The summed E-state index contributed by atoms with van der Waals surface area (Å²) in [6.07, 6.45) is 6.47. The number of carbonyl (C=O) groups excluding carboxylic acids is 2. The van der Waals surface area contributed by atoms with Gasteiger partial charge in [0.2, 0.25) is 5.91 Å². The number of hydrogen-bond donors (Lipinski definition) is 1. The van der Waals surface area contributed by atoms with Gasteiger partial charge in [-0.3, -0.25) is 14.7 Å². The van der Waals surface area contributed by atoms with Gasteiger partial charge in [0.05, 0.1) is 23.9 Å². The minimum Gasteiger partial charge on any atom is -0.466 e. The van der Waals surface area contributed by atoms with E-state index in [9.17, 15) is 9.59 Å². The van der Waals surface area contributed by atoms with Crippen LogP contribution in [0.1, 0.15) is 26.0 Å². The van der Waals surface area contributed by atoms with Crippen LogP contribution in [-0.2, 0) is 20.7 Å². The van der Waals surface area contributed by atoms with Crippen LogP contribution in [-0.4, -0.2) is 33.9 Å². The van der Waals surface area contributed by atoms with E-state index in [2.05, 4.69) is 16.0 Å². The van der Waals surface area contributed by atoms with Crippen LogP contribution in [0.15, 0.2) is 60.1 Å². The van der Waals surface area contributed by atoms with Crippen LogP contribution in [0.25, 0.3) is 21.8 Å². The molecule has 0 saturated carbocycles. The van der Waals surface area contributed by atoms with Crippen LogP contribution >= 0.6 is 0 Å². The molecule has 1 aliphatic heterocycles. The lowest BCUT2D eigenvalue weighted by Crippen LogP contribution is -2.29. The third kappa shape index (κ3) is 3.31. The molecule has 3 heterocycles. The van der Waals surface area contributed by atoms with Gasteiger partial charge in [-0.15, -0.1) is 0 Å². The van der Waals surface area contributed by atoms with Gasteiger partial charge in [0, 0.05) is 54.1 Å². The third-order valence-corrected chi connectivity index (χ3v) is 5.50. The largest absolute Gasteiger partial charge is 0.466 e. The van der Waals surface area contributed by atoms with Gasteiger partial charge in [-0.05, 0) is 24.1 Å². The molecule has 0 bridgehead atoms. The molecule has 1 aliphatic rings. The maximum absolute atomic E-state index is 12.5. The summed E-state index contributed by atoms with van der Waals surface area (Å²) in [5.41, 5.74) is 4.38. The van der Waals surface area contributed by atoms with E-state index in [1.54, 1.807) is 12.4 Å². The number of nitrogens with one attached hydrogen (secondary N) is 1. The van der Waals surface area contributed by atoms with Crippen LogP contribution in [0.5, 0.6) is 0 Å². The highest BCUT2D eigenvalue weighted by Gasteiger charge is 2.31. The zero-order valence-electron chi connectivity index (χ0n) is 16.7. The Kier molecular flexibility index (Phi) is 4.92. The molecule has 6 nitrogen and oxygen atoms in total. The van der Waals surface area contributed by atoms with Crippen LogP contribution in [0.4, 0.5) is 0 Å². The zero-order valence-corrected chi connectivity index (χ0v) is 16.7. The van der Waals surface area contributed by atoms with Gasteiger partial charge >= 0.3 is 5.97 Å². The fraction of sp³-hybridized carbons (Fsp3) is 0.261. The van der Waals surface area contributed by atoms with Crippen molar-refractivity contribution < 1.29 is 14.3 Å². The van der Waals surface area contributed by atoms with Crippen LogP contribution in [0.3, 0.4) is 0 Å². The van der Waals surface area contributed by atoms with Gasteiger partial charge in [0.25, 0.3) is 0 Å². The molecular weight excluding hydrogens is 366 g/mol. The Labute approximate surface area is 168 Å². The number of pyridine rings is 1. The van der Waals surface area contributed by atoms with Gasteiger partial charge in [0.1, 0.15) is 0 Å². The first-order chi connectivity index (χ1) is 14.0. The van der Waals surface area contributed by atoms with Gasteiger partial charge in [-0.2, -0.15) is 0 Å². The lowest BCUT2D eigenvalue weighted by Gasteiger charge is -2.29. The highest BCUT2D eigenvalue weighted by molar-refractivity contribution is 6.07. The van der Waals surface area contributed by atoms with Crippen molar-refractivity contribution in [3.8, 4) is 0 Å². The van der Waals surface area contributed by atoms with Crippen molar-refractivity contribution in [1.29, 1.82) is 0 Å². The predicted molar refractivity (Wildman–Crippen MR) is 112 cm³/mol. The second-order valence-corrected chi connectivity index (χ2v) is 7.17. The Hall–Kier alpha value is -3.41. The number of carbonyl (C=O) groups is 2. The van der Waals surface area contributed by atoms with E-state index in [4.69, 9.17) is 4.74 Å². The van der Waals surface area contributed by atoms with Crippen molar-refractivity contribution in [2.75, 3.05) is 7.11 Å². The van der Waals surface area contributed by atoms with Crippen LogP contribution < -0.4 is 0 Å². The first-order valence-electron chi connectivity index (χ1n) is 9.67. The Bertz CT molecular complexity index is 1170. The van der Waals surface area contributed by atoms with Crippen LogP contribution in [0, 0.1) is 5.92 Å². The summed E-state index contributed by atoms with van der Waals surface area (Å²) >= 11 is 0. The summed E-state index contributed by atoms with van der Waals surface area (Å²) in [6, 6.07) is 10.1. The Morgan fingerprint density at radius 2 is 1.97 bits per heavy atom. The molecule has 1 unspecified atom stereocenters. The Morgan fingerprint density at radius 3 is 2.69 bits per heavy atom. The molecule has 6 heteroatoms. The van der Waals surface area contributed by atoms with E-state index in [-0.39, 0.29) is 11.8 Å². The quantitative estimate of drug-likeness (QED) is 0.682. The second-order valence-electron chi connectivity index (χ2n) is 7.17. The molecule has 0 saturated heterocycles. The van der Waals surface area contributed by atoms with E-state index in [1.165, 1.54) is 18.9 Å². The van der Waals surface area contributed by atoms with Crippen molar-refractivity contribution in [1.82, 2.24) is 14.9 Å². The number of benzene rings is 1. The molecule has 1 N–H and O–H groups in total. The topological polar surface area (TPSA) is 75.3 Å². The number of aromatic nitrogens is 2. The van der Waals surface area contributed by atoms with E-state index in [1.807, 2.05) is 37.4 Å². The number of nitrogens with zero attached hydrogens (tertiary/aromatic N) is 2. The molecule has 1 amide bonds. The molecule has 0 fully saturated rings. The summed E-state index contributed by atoms with van der Waals surface area (Å²) in [5, 5.41) is 2.25. The van der Waals surface area contributed by atoms with Crippen molar-refractivity contribution in [2.45, 2.75) is 26.7 Å². The smallest absolute Gasteiger partial charge is 0.335 e. The maximum Gasteiger partial charge on any atom is 0.335 e. The number of methoxy groups -OCH3 is 1. The SMILES string of the molecule is CCC1=CN(C(C)=O)C=C(C(=O)OC)C1Cc1nccc2c1[nH]c1ccccc12. The Morgan fingerprint density at radius 1 is 1.17 bits per heavy atom. The average Bonchev–Trinajstić information content (AvgIpc) is 3.12. The highest BCUT2D eigenvalue weighted by Crippen LogP contribution is 2.34. The van der Waals surface area contributed by atoms with Crippen LogP contribution in [0.2, 0.25) is 0 Å². The number of allylic oxidation sites excluding steroid dienone is 1. The molecule has 0 aliphatic carbocycles. The normalized spacial score (nSPS) is 16.7. The third-order valence-electron chi connectivity index (χ3n) is 5.50. The number of fused-ring (bicyclic) bond motifs is 3. The summed E-state index contributed by atoms with van der Waals surface area (Å²) in [5.74, 6) is -0.775. The van der Waals surface area contributed by atoms with Crippen molar-refractivity contribution in [3.05, 3.63) is 65.8 Å². The second kappa shape index (κ2) is 7.54. The summed E-state index contributed by atoms with van der Waals surface area (Å²) in [7, 11) is 1.36. The monoisotopic (exact) mass is 389 g/mol. The van der Waals surface area contributed by atoms with E-state index >= 15 is 0 Å². The van der Waals surface area contributed by atoms with E-state index in [0.717, 1.165) is 33.1 Å². The molecule has 2 aromatic heterocycles. The molecule has 0 radical (unpaired) electrons. The number of H-pyrrole nitrogens is 1. The standard InChI is InChI=1S/C23H23N3O3/c1-4-15-12-26(14(2)27)13-19(23(28)29-3)18(15)11-21-22-17(9-10-24-21)16-7-5-6-8-20(16)25-22/h5-10,12-13,18,25H,4,11H2,1-3H3. The summed E-state index contributed by atoms with van der Waals surface area (Å²) in [6.45, 7) is 3.50. The van der Waals surface area contributed by atoms with Crippen molar-refractivity contribution in [3.63, 3.8) is 0 Å². The number of hydrogen-bond acceptors (Lipinski definition) is 4. The number of ether oxygens (including phenoxy) is 1. The lowest BCUT2D eigenvalue weighted by atomic mass is 9.84. The molecule has 148 valence electrons. The first kappa shape index (κ1) is 18.9. The summed E-state index contributed by atoms with van der Waals surface area (Å²) in [4.78, 5) is 34.0. The van der Waals surface area contributed by atoms with E-state index < -0.39 is 5.97 Å². The molecule has 4 rings (SSSR count). The fourth-order valence-electron chi connectivity index (χ4n) is 4.00. The molecule has 1 atom stereocenters. The number of para-hydroxylation sites is 1. The number of esters is 1. The predicted octanol–water partition coefficient (Wildman–Crippen LogP) is 4.09. The van der Waals surface area contributed by atoms with E-state index in [0.29, 0.717) is 18.4 Å². The van der Waals surface area contributed by atoms with Gasteiger partial charge in [-0.1, -0.05) is 25.1 Å². The Balaban J connectivity index is 1.81. The minimum absolute atomic E-state index is 0.147. The molecule has 0 spiro atoms. The van der Waals surface area contributed by atoms with Gasteiger partial charge < -0.3 is 9.72 Å². The lowest BCUT2D eigenvalue weighted by molar-refractivity contribution is -0.136.